The molecule has 0 N–H and O–H groups in total. The van der Waals surface area contributed by atoms with Crippen molar-refractivity contribution in [3.8, 4) is 0 Å². The second kappa shape index (κ2) is 6.73. The summed E-state index contributed by atoms with van der Waals surface area (Å²) < 4.78 is 0. The van der Waals surface area contributed by atoms with Crippen LogP contribution in [0.5, 0.6) is 0 Å². The molecule has 12 heavy (non-hydrogen) atoms. The first-order valence-electron chi connectivity index (χ1n) is 5.09. The second-order valence-electron chi connectivity index (χ2n) is 3.69. The van der Waals surface area contributed by atoms with Crippen LogP contribution in [0, 0.1) is 5.92 Å². The van der Waals surface area contributed by atoms with Crippen LogP contribution in [0.4, 0.5) is 0 Å². The van der Waals surface area contributed by atoms with Gasteiger partial charge in [-0.3, -0.25) is 0 Å². The van der Waals surface area contributed by atoms with E-state index in [-0.39, 0.29) is 12.4 Å². The number of piperidine rings is 1. The third kappa shape index (κ3) is 3.77. The number of rotatable bonds is 3. The zero-order valence-corrected chi connectivity index (χ0v) is 9.20. The highest BCUT2D eigenvalue weighted by molar-refractivity contribution is 5.85. The molecular weight excluding hydrogens is 170 g/mol. The van der Waals surface area contributed by atoms with Gasteiger partial charge in [0.2, 0.25) is 0 Å². The van der Waals surface area contributed by atoms with Gasteiger partial charge in [0.05, 0.1) is 0 Å². The molecule has 0 saturated carbocycles. The van der Waals surface area contributed by atoms with Crippen LogP contribution < -0.4 is 0 Å². The van der Waals surface area contributed by atoms with Crippen molar-refractivity contribution >= 4 is 12.4 Å². The van der Waals surface area contributed by atoms with E-state index < -0.39 is 0 Å². The fourth-order valence-electron chi connectivity index (χ4n) is 2.08. The summed E-state index contributed by atoms with van der Waals surface area (Å²) in [6, 6.07) is 0. The quantitative estimate of drug-likeness (QED) is 0.663. The van der Waals surface area contributed by atoms with Gasteiger partial charge in [-0.2, -0.15) is 0 Å². The summed E-state index contributed by atoms with van der Waals surface area (Å²) in [5.74, 6) is 1.01. The second-order valence-corrected chi connectivity index (χ2v) is 3.69. The highest BCUT2D eigenvalue weighted by Gasteiger charge is 2.16. The highest BCUT2D eigenvalue weighted by Crippen LogP contribution is 2.20. The van der Waals surface area contributed by atoms with Gasteiger partial charge in [-0.25, -0.2) is 0 Å². The van der Waals surface area contributed by atoms with E-state index in [0.717, 1.165) is 5.92 Å². The largest absolute Gasteiger partial charge is 0.303 e. The fraction of sp³-hybridized carbons (Fsp3) is 1.00. The predicted molar refractivity (Wildman–Crippen MR) is 57.0 cm³/mol. The number of hydrogen-bond acceptors (Lipinski definition) is 1. The van der Waals surface area contributed by atoms with Gasteiger partial charge >= 0.3 is 0 Å². The average molecular weight is 192 g/mol. The van der Waals surface area contributed by atoms with Gasteiger partial charge in [-0.15, -0.1) is 12.4 Å². The third-order valence-corrected chi connectivity index (χ3v) is 2.75. The number of hydrogen-bond donors (Lipinski definition) is 0. The van der Waals surface area contributed by atoms with Crippen LogP contribution in [0.3, 0.4) is 0 Å². The molecule has 0 aromatic rings. The molecule has 0 radical (unpaired) electrons. The molecule has 0 aromatic carbocycles. The maximum atomic E-state index is 2.59. The maximum Gasteiger partial charge on any atom is 0.000955 e. The number of likely N-dealkylation sites (tertiary alicyclic amines) is 1. The minimum atomic E-state index is 0. The van der Waals surface area contributed by atoms with Gasteiger partial charge < -0.3 is 4.90 Å². The molecule has 1 saturated heterocycles. The van der Waals surface area contributed by atoms with Crippen LogP contribution in [0.1, 0.15) is 39.5 Å². The predicted octanol–water partition coefficient (Wildman–Crippen LogP) is 2.94. The normalized spacial score (nSPS) is 25.0. The lowest BCUT2D eigenvalue weighted by molar-refractivity contribution is 0.175. The Balaban J connectivity index is 0.00000121. The van der Waals surface area contributed by atoms with E-state index in [1.54, 1.807) is 0 Å². The molecule has 0 aromatic heterocycles. The van der Waals surface area contributed by atoms with Crippen molar-refractivity contribution in [3.63, 3.8) is 0 Å². The summed E-state index contributed by atoms with van der Waals surface area (Å²) >= 11 is 0. The fourth-order valence-corrected chi connectivity index (χ4v) is 2.08. The van der Waals surface area contributed by atoms with Gasteiger partial charge in [0.25, 0.3) is 0 Å². The Morgan fingerprint density at radius 1 is 1.33 bits per heavy atom. The Kier molecular flexibility index (Phi) is 6.87. The molecule has 1 aliphatic heterocycles. The summed E-state index contributed by atoms with van der Waals surface area (Å²) in [6.45, 7) is 8.53. The molecule has 1 aliphatic rings. The van der Waals surface area contributed by atoms with Crippen LogP contribution in [0.15, 0.2) is 0 Å². The molecule has 0 aliphatic carbocycles. The first-order valence-corrected chi connectivity index (χ1v) is 5.09. The van der Waals surface area contributed by atoms with Gasteiger partial charge in [-0.05, 0) is 38.3 Å². The van der Waals surface area contributed by atoms with Gasteiger partial charge in [-0.1, -0.05) is 20.3 Å². The monoisotopic (exact) mass is 191 g/mol. The first kappa shape index (κ1) is 12.2. The van der Waals surface area contributed by atoms with E-state index >= 15 is 0 Å². The highest BCUT2D eigenvalue weighted by atomic mass is 35.5. The smallest absolute Gasteiger partial charge is 0.000955 e. The molecule has 0 bridgehead atoms. The van der Waals surface area contributed by atoms with Gasteiger partial charge in [0.1, 0.15) is 0 Å². The lowest BCUT2D eigenvalue weighted by Gasteiger charge is -2.31. The molecule has 1 nitrogen and oxygen atoms in total. The molecule has 1 rings (SSSR count). The summed E-state index contributed by atoms with van der Waals surface area (Å²) in [5, 5.41) is 0. The Labute approximate surface area is 82.9 Å². The zero-order valence-electron chi connectivity index (χ0n) is 8.38. The molecule has 0 spiro atoms. The molecule has 74 valence electrons. The minimum absolute atomic E-state index is 0. The Bertz CT molecular complexity index is 104. The van der Waals surface area contributed by atoms with Crippen LogP contribution in [-0.4, -0.2) is 24.5 Å². The summed E-state index contributed by atoms with van der Waals surface area (Å²) in [7, 11) is 0. The molecular formula is C10H22ClN. The summed E-state index contributed by atoms with van der Waals surface area (Å²) in [6.07, 6.45) is 5.71. The van der Waals surface area contributed by atoms with Crippen LogP contribution in [0.25, 0.3) is 0 Å². The van der Waals surface area contributed by atoms with E-state index in [2.05, 4.69) is 18.7 Å². The first-order chi connectivity index (χ1) is 5.36. The van der Waals surface area contributed by atoms with E-state index in [0.29, 0.717) is 0 Å². The number of nitrogens with zero attached hydrogens (tertiary/aromatic N) is 1. The maximum absolute atomic E-state index is 2.59. The average Bonchev–Trinajstić information content (AvgIpc) is 2.06. The molecule has 1 atom stereocenters. The molecule has 1 unspecified atom stereocenters. The summed E-state index contributed by atoms with van der Waals surface area (Å²) in [5.41, 5.74) is 0. The van der Waals surface area contributed by atoms with E-state index in [4.69, 9.17) is 0 Å². The van der Waals surface area contributed by atoms with Crippen molar-refractivity contribution in [2.24, 2.45) is 5.92 Å². The van der Waals surface area contributed by atoms with Crippen molar-refractivity contribution in [2.45, 2.75) is 39.5 Å². The standard InChI is InChI=1S/C10H21N.ClH/c1-3-6-10-7-5-8-11(4-2)9-10;/h10H,3-9H2,1-2H3;1H. The van der Waals surface area contributed by atoms with Crippen molar-refractivity contribution in [3.05, 3.63) is 0 Å². The Morgan fingerprint density at radius 2 is 2.08 bits per heavy atom. The molecule has 1 fully saturated rings. The lowest BCUT2D eigenvalue weighted by atomic mass is 9.94. The van der Waals surface area contributed by atoms with E-state index in [9.17, 15) is 0 Å². The summed E-state index contributed by atoms with van der Waals surface area (Å²) in [4.78, 5) is 2.59. The van der Waals surface area contributed by atoms with Crippen LogP contribution in [-0.2, 0) is 0 Å². The molecule has 0 amide bonds. The van der Waals surface area contributed by atoms with Crippen molar-refractivity contribution < 1.29 is 0 Å². The Morgan fingerprint density at radius 3 is 2.67 bits per heavy atom. The third-order valence-electron chi connectivity index (χ3n) is 2.75. The Hall–Kier alpha value is 0.250. The lowest BCUT2D eigenvalue weighted by Crippen LogP contribution is -2.34. The van der Waals surface area contributed by atoms with Crippen LogP contribution in [0.2, 0.25) is 0 Å². The van der Waals surface area contributed by atoms with E-state index in [1.165, 1.54) is 45.3 Å². The van der Waals surface area contributed by atoms with Crippen molar-refractivity contribution in [2.75, 3.05) is 19.6 Å². The minimum Gasteiger partial charge on any atom is -0.303 e. The molecule has 2 heteroatoms. The van der Waals surface area contributed by atoms with Crippen LogP contribution >= 0.6 is 12.4 Å². The van der Waals surface area contributed by atoms with Crippen molar-refractivity contribution in [1.82, 2.24) is 4.90 Å². The number of halogens is 1. The van der Waals surface area contributed by atoms with Gasteiger partial charge in [0, 0.05) is 6.54 Å². The van der Waals surface area contributed by atoms with Gasteiger partial charge in [0.15, 0.2) is 0 Å². The molecule has 1 heterocycles. The zero-order chi connectivity index (χ0) is 8.10. The van der Waals surface area contributed by atoms with Crippen molar-refractivity contribution in [1.29, 1.82) is 0 Å². The topological polar surface area (TPSA) is 3.24 Å². The van der Waals surface area contributed by atoms with E-state index in [1.807, 2.05) is 0 Å². The SMILES string of the molecule is CCCC1CCCN(CC)C1.Cl.